The van der Waals surface area contributed by atoms with E-state index in [-0.39, 0.29) is 35.0 Å². The van der Waals surface area contributed by atoms with Crippen molar-refractivity contribution >= 4 is 28.8 Å². The lowest BCUT2D eigenvalue weighted by molar-refractivity contribution is -0.197. The van der Waals surface area contributed by atoms with Crippen molar-refractivity contribution in [2.45, 2.75) is 112 Å². The Morgan fingerprint density at radius 1 is 0.943 bits per heavy atom. The molecule has 0 N–H and O–H groups in total. The van der Waals surface area contributed by atoms with Gasteiger partial charge in [0.1, 0.15) is 12.2 Å². The molecule has 0 aromatic heterocycles. The number of carbonyl (C=O) groups is 3. The number of hydrogen-bond acceptors (Lipinski definition) is 6. The molecule has 0 bridgehead atoms. The zero-order valence-corrected chi connectivity index (χ0v) is 23.5. The summed E-state index contributed by atoms with van der Waals surface area (Å²) < 4.78 is 11.8. The first-order valence-corrected chi connectivity index (χ1v) is 15.0. The molecule has 4 saturated carbocycles. The van der Waals surface area contributed by atoms with Gasteiger partial charge in [0, 0.05) is 25.7 Å². The van der Waals surface area contributed by atoms with E-state index in [1.54, 1.807) is 6.92 Å². The van der Waals surface area contributed by atoms with E-state index in [9.17, 15) is 14.4 Å². The van der Waals surface area contributed by atoms with Crippen LogP contribution in [-0.4, -0.2) is 35.0 Å². The maximum atomic E-state index is 12.5. The monoisotopic (exact) mass is 506 g/mol. The summed E-state index contributed by atoms with van der Waals surface area (Å²) in [7, 11) is 0. The molecule has 35 heavy (non-hydrogen) atoms. The van der Waals surface area contributed by atoms with Crippen molar-refractivity contribution in [1.82, 2.24) is 0 Å². The third-order valence-corrected chi connectivity index (χ3v) is 11.7. The van der Waals surface area contributed by atoms with Gasteiger partial charge in [-0.25, -0.2) is 0 Å². The Kier molecular flexibility index (Phi) is 8.01. The van der Waals surface area contributed by atoms with Gasteiger partial charge in [-0.1, -0.05) is 39.5 Å². The van der Waals surface area contributed by atoms with E-state index in [4.69, 9.17) is 9.47 Å². The van der Waals surface area contributed by atoms with Gasteiger partial charge in [-0.05, 0) is 98.0 Å². The van der Waals surface area contributed by atoms with Crippen LogP contribution >= 0.6 is 11.8 Å². The van der Waals surface area contributed by atoms with E-state index in [1.165, 1.54) is 37.9 Å². The molecule has 0 spiro atoms. The molecule has 0 amide bonds. The van der Waals surface area contributed by atoms with Crippen molar-refractivity contribution in [2.24, 2.45) is 46.3 Å². The molecule has 0 saturated heterocycles. The fourth-order valence-electron chi connectivity index (χ4n) is 9.46. The van der Waals surface area contributed by atoms with Gasteiger partial charge < -0.3 is 9.47 Å². The van der Waals surface area contributed by atoms with Crippen molar-refractivity contribution < 1.29 is 23.9 Å². The minimum Gasteiger partial charge on any atom is -0.463 e. The van der Waals surface area contributed by atoms with E-state index >= 15 is 0 Å². The second-order valence-corrected chi connectivity index (χ2v) is 13.9. The molecule has 5 nitrogen and oxygen atoms in total. The molecule has 0 aromatic rings. The number of esters is 2. The highest BCUT2D eigenvalue weighted by molar-refractivity contribution is 8.13. The van der Waals surface area contributed by atoms with Gasteiger partial charge in [-0.15, -0.1) is 0 Å². The van der Waals surface area contributed by atoms with Gasteiger partial charge in [0.15, 0.2) is 5.12 Å². The Labute approximate surface area is 216 Å². The zero-order valence-electron chi connectivity index (χ0n) is 22.6. The summed E-state index contributed by atoms with van der Waals surface area (Å²) in [4.78, 5) is 36.4. The van der Waals surface area contributed by atoms with Crippen LogP contribution in [0.25, 0.3) is 0 Å². The molecule has 4 aliphatic carbocycles. The van der Waals surface area contributed by atoms with Gasteiger partial charge in [0.25, 0.3) is 0 Å². The molecule has 4 aliphatic rings. The zero-order chi connectivity index (χ0) is 25.5. The van der Waals surface area contributed by atoms with Crippen LogP contribution in [0.3, 0.4) is 0 Å². The maximum absolute atomic E-state index is 12.5. The molecule has 10 atom stereocenters. The highest BCUT2D eigenvalue weighted by Gasteiger charge is 2.65. The van der Waals surface area contributed by atoms with Crippen LogP contribution in [0.5, 0.6) is 0 Å². The van der Waals surface area contributed by atoms with Crippen molar-refractivity contribution in [2.75, 3.05) is 5.75 Å². The van der Waals surface area contributed by atoms with Gasteiger partial charge in [0.2, 0.25) is 0 Å². The number of carbonyl (C=O) groups excluding carboxylic acids is 3. The molecule has 0 radical (unpaired) electrons. The molecule has 0 unspecified atom stereocenters. The van der Waals surface area contributed by atoms with Crippen LogP contribution in [0.2, 0.25) is 0 Å². The topological polar surface area (TPSA) is 69.7 Å². The van der Waals surface area contributed by atoms with Gasteiger partial charge in [-0.2, -0.15) is 0 Å². The lowest BCUT2D eigenvalue weighted by Crippen LogP contribution is -2.59. The minimum absolute atomic E-state index is 0.0514. The first-order chi connectivity index (χ1) is 16.5. The average Bonchev–Trinajstić information content (AvgIpc) is 3.12. The fraction of sp³-hybridized carbons (Fsp3) is 0.897. The molecular formula is C29H46O5S. The Morgan fingerprint density at radius 3 is 2.31 bits per heavy atom. The Balaban J connectivity index is 1.59. The number of rotatable bonds is 6. The predicted octanol–water partition coefficient (Wildman–Crippen LogP) is 6.42. The third kappa shape index (κ3) is 4.94. The molecule has 0 aromatic carbocycles. The highest BCUT2D eigenvalue weighted by atomic mass is 32.2. The number of fused-ring (bicyclic) bond motifs is 5. The first kappa shape index (κ1) is 27.0. The predicted molar refractivity (Wildman–Crippen MR) is 139 cm³/mol. The van der Waals surface area contributed by atoms with Gasteiger partial charge in [-0.3, -0.25) is 14.4 Å². The van der Waals surface area contributed by atoms with Gasteiger partial charge in [0.05, 0.1) is 0 Å². The molecule has 198 valence electrons. The van der Waals surface area contributed by atoms with Crippen molar-refractivity contribution in [3.63, 3.8) is 0 Å². The summed E-state index contributed by atoms with van der Waals surface area (Å²) >= 11 is 1.44. The van der Waals surface area contributed by atoms with Crippen LogP contribution in [-0.2, 0) is 23.9 Å². The van der Waals surface area contributed by atoms with E-state index < -0.39 is 0 Å². The minimum atomic E-state index is -0.180. The van der Waals surface area contributed by atoms with Gasteiger partial charge >= 0.3 is 11.9 Å². The molecule has 4 rings (SSSR count). The van der Waals surface area contributed by atoms with E-state index in [0.717, 1.165) is 37.9 Å². The second-order valence-electron chi connectivity index (χ2n) is 12.5. The summed E-state index contributed by atoms with van der Waals surface area (Å²) in [5.41, 5.74) is 0.137. The second kappa shape index (κ2) is 10.4. The summed E-state index contributed by atoms with van der Waals surface area (Å²) in [5.74, 6) is 3.47. The standard InChI is InChI=1S/C29H46O5S/c1-7-35-27(32)14-17(2)23-10-11-24-22-9-8-20-15-21(33-18(3)30)12-13-28(20,5)25(22)16-26(29(23,24)6)34-19(4)31/h17,20-26H,7-16H2,1-6H3/t17-,20+,21+,22+,23-,24+,25+,26-,28+,29-/m1/s1. The average molecular weight is 507 g/mol. The summed E-state index contributed by atoms with van der Waals surface area (Å²) in [6.45, 7) is 12.2. The molecule has 0 aliphatic heterocycles. The summed E-state index contributed by atoms with van der Waals surface area (Å²) in [6, 6.07) is 0. The van der Waals surface area contributed by atoms with Crippen molar-refractivity contribution in [3.05, 3.63) is 0 Å². The molecule has 0 heterocycles. The summed E-state index contributed by atoms with van der Waals surface area (Å²) in [5, 5.41) is 0.294. The van der Waals surface area contributed by atoms with Crippen LogP contribution < -0.4 is 0 Å². The quantitative estimate of drug-likeness (QED) is 0.387. The van der Waals surface area contributed by atoms with Crippen LogP contribution in [0, 0.1) is 46.3 Å². The Morgan fingerprint density at radius 2 is 1.66 bits per heavy atom. The molecule has 4 fully saturated rings. The lowest BCUT2D eigenvalue weighted by Gasteiger charge is -2.62. The smallest absolute Gasteiger partial charge is 0.302 e. The number of hydrogen-bond donors (Lipinski definition) is 0. The van der Waals surface area contributed by atoms with E-state index in [2.05, 4.69) is 20.8 Å². The van der Waals surface area contributed by atoms with Crippen LogP contribution in [0.15, 0.2) is 0 Å². The number of thioether (sulfide) groups is 1. The molecule has 6 heteroatoms. The maximum Gasteiger partial charge on any atom is 0.302 e. The van der Waals surface area contributed by atoms with Crippen LogP contribution in [0.1, 0.15) is 99.3 Å². The lowest BCUT2D eigenvalue weighted by atomic mass is 9.43. The Bertz CT molecular complexity index is 828. The highest BCUT2D eigenvalue weighted by Crippen LogP contribution is 2.69. The van der Waals surface area contributed by atoms with E-state index in [0.29, 0.717) is 47.0 Å². The molecular weight excluding hydrogens is 460 g/mol. The van der Waals surface area contributed by atoms with Crippen LogP contribution in [0.4, 0.5) is 0 Å². The Hall–Kier alpha value is -1.04. The van der Waals surface area contributed by atoms with Crippen molar-refractivity contribution in [3.8, 4) is 0 Å². The first-order valence-electron chi connectivity index (χ1n) is 14.0. The fourth-order valence-corrected chi connectivity index (χ4v) is 10.2. The number of ether oxygens (including phenoxy) is 2. The SMILES string of the molecule is CCSC(=O)C[C@@H](C)[C@H]1CC[C@H]2[C@@H]3CC[C@H]4C[C@@H](OC(C)=O)CC[C@]4(C)[C@H]3C[C@@H](OC(C)=O)[C@]12C. The third-order valence-electron chi connectivity index (χ3n) is 10.9. The normalized spacial score (nSPS) is 43.3. The van der Waals surface area contributed by atoms with Crippen molar-refractivity contribution in [1.29, 1.82) is 0 Å². The van der Waals surface area contributed by atoms with E-state index in [1.807, 2.05) is 6.92 Å². The largest absolute Gasteiger partial charge is 0.463 e. The summed E-state index contributed by atoms with van der Waals surface area (Å²) in [6.07, 6.45) is 9.22.